The van der Waals surface area contributed by atoms with E-state index in [1.165, 1.54) is 5.69 Å². The Morgan fingerprint density at radius 1 is 1.25 bits per heavy atom. The van der Waals surface area contributed by atoms with Crippen LogP contribution in [0.25, 0.3) is 0 Å². The largest absolute Gasteiger partial charge is 0.481 e. The fourth-order valence-corrected chi connectivity index (χ4v) is 2.78. The topological polar surface area (TPSA) is 56.1 Å². The summed E-state index contributed by atoms with van der Waals surface area (Å²) in [7, 11) is 1.62. The van der Waals surface area contributed by atoms with Crippen molar-refractivity contribution in [1.82, 2.24) is 19.7 Å². The second-order valence-corrected chi connectivity index (χ2v) is 5.18. The predicted molar refractivity (Wildman–Crippen MR) is 76.2 cm³/mol. The molecule has 106 valence electrons. The first-order valence-corrected chi connectivity index (χ1v) is 6.81. The second-order valence-electron chi connectivity index (χ2n) is 5.18. The van der Waals surface area contributed by atoms with Crippen LogP contribution >= 0.6 is 0 Å². The molecule has 1 aliphatic rings. The molecule has 1 fully saturated rings. The van der Waals surface area contributed by atoms with Gasteiger partial charge in [-0.05, 0) is 26.3 Å². The van der Waals surface area contributed by atoms with Crippen molar-refractivity contribution in [2.75, 3.05) is 25.1 Å². The molecule has 6 heteroatoms. The summed E-state index contributed by atoms with van der Waals surface area (Å²) >= 11 is 0. The maximum Gasteiger partial charge on any atom is 0.218 e. The van der Waals surface area contributed by atoms with Crippen LogP contribution in [0.4, 0.5) is 5.82 Å². The van der Waals surface area contributed by atoms with E-state index in [9.17, 15) is 0 Å². The van der Waals surface area contributed by atoms with Gasteiger partial charge in [-0.3, -0.25) is 4.68 Å². The van der Waals surface area contributed by atoms with Gasteiger partial charge in [-0.2, -0.15) is 5.10 Å². The second kappa shape index (κ2) is 5.11. The highest BCUT2D eigenvalue weighted by Gasteiger charge is 2.26. The molecule has 0 saturated carbocycles. The van der Waals surface area contributed by atoms with Crippen molar-refractivity contribution in [2.24, 2.45) is 0 Å². The lowest BCUT2D eigenvalue weighted by atomic mass is 10.2. The van der Waals surface area contributed by atoms with Crippen molar-refractivity contribution >= 4 is 5.82 Å². The molecule has 1 aliphatic heterocycles. The number of aryl methyl sites for hydroxylation is 2. The molecule has 2 aromatic heterocycles. The number of hydrogen-bond donors (Lipinski definition) is 0. The first kappa shape index (κ1) is 12.9. The molecule has 0 bridgehead atoms. The summed E-state index contributed by atoms with van der Waals surface area (Å²) < 4.78 is 7.29. The Balaban J connectivity index is 1.77. The van der Waals surface area contributed by atoms with Crippen LogP contribution in [0.3, 0.4) is 0 Å². The molecule has 0 unspecified atom stereocenters. The highest BCUT2D eigenvalue weighted by atomic mass is 16.5. The highest BCUT2D eigenvalue weighted by Crippen LogP contribution is 2.27. The number of ether oxygens (including phenoxy) is 1. The van der Waals surface area contributed by atoms with Gasteiger partial charge in [0.1, 0.15) is 12.1 Å². The first-order valence-electron chi connectivity index (χ1n) is 6.81. The summed E-state index contributed by atoms with van der Waals surface area (Å²) in [5.74, 6) is 1.52. The van der Waals surface area contributed by atoms with Crippen LogP contribution in [0, 0.1) is 13.8 Å². The minimum absolute atomic E-state index is 0.407. The SMILES string of the molecule is COc1cc(N2CC[C@H](n3nc(C)cc3C)C2)ncn1. The van der Waals surface area contributed by atoms with E-state index in [0.29, 0.717) is 11.9 Å². The molecule has 2 aromatic rings. The number of aromatic nitrogens is 4. The summed E-state index contributed by atoms with van der Waals surface area (Å²) in [6.45, 7) is 6.03. The third-order valence-electron chi connectivity index (χ3n) is 3.71. The molecule has 0 spiro atoms. The Labute approximate surface area is 118 Å². The Morgan fingerprint density at radius 3 is 2.80 bits per heavy atom. The van der Waals surface area contributed by atoms with Crippen LogP contribution < -0.4 is 9.64 Å². The van der Waals surface area contributed by atoms with Crippen molar-refractivity contribution < 1.29 is 4.74 Å². The summed E-state index contributed by atoms with van der Waals surface area (Å²) in [6.07, 6.45) is 2.62. The molecule has 1 saturated heterocycles. The fourth-order valence-electron chi connectivity index (χ4n) is 2.78. The van der Waals surface area contributed by atoms with Crippen LogP contribution in [0.2, 0.25) is 0 Å². The average molecular weight is 273 g/mol. The van der Waals surface area contributed by atoms with Crippen LogP contribution in [0.15, 0.2) is 18.5 Å². The van der Waals surface area contributed by atoms with E-state index >= 15 is 0 Å². The van der Waals surface area contributed by atoms with Crippen molar-refractivity contribution in [3.63, 3.8) is 0 Å². The van der Waals surface area contributed by atoms with Crippen molar-refractivity contribution in [3.8, 4) is 5.88 Å². The monoisotopic (exact) mass is 273 g/mol. The van der Waals surface area contributed by atoms with Crippen molar-refractivity contribution in [1.29, 1.82) is 0 Å². The summed E-state index contributed by atoms with van der Waals surface area (Å²) in [4.78, 5) is 10.6. The molecule has 0 N–H and O–H groups in total. The number of hydrogen-bond acceptors (Lipinski definition) is 5. The van der Waals surface area contributed by atoms with E-state index in [4.69, 9.17) is 4.74 Å². The van der Waals surface area contributed by atoms with Gasteiger partial charge in [0, 0.05) is 24.8 Å². The Hall–Kier alpha value is -2.11. The molecule has 3 heterocycles. The Kier molecular flexibility index (Phi) is 3.30. The normalized spacial score (nSPS) is 18.6. The molecule has 20 heavy (non-hydrogen) atoms. The molecule has 0 aromatic carbocycles. The maximum atomic E-state index is 5.15. The minimum Gasteiger partial charge on any atom is -0.481 e. The number of anilines is 1. The van der Waals surface area contributed by atoms with Crippen molar-refractivity contribution in [2.45, 2.75) is 26.3 Å². The minimum atomic E-state index is 0.407. The quantitative estimate of drug-likeness (QED) is 0.852. The fraction of sp³-hybridized carbons (Fsp3) is 0.500. The van der Waals surface area contributed by atoms with Crippen LogP contribution in [0.5, 0.6) is 5.88 Å². The molecular formula is C14H19N5O. The smallest absolute Gasteiger partial charge is 0.218 e. The van der Waals surface area contributed by atoms with E-state index in [2.05, 4.69) is 37.6 Å². The van der Waals surface area contributed by atoms with Gasteiger partial charge in [0.15, 0.2) is 0 Å². The third-order valence-corrected chi connectivity index (χ3v) is 3.71. The van der Waals surface area contributed by atoms with Crippen molar-refractivity contribution in [3.05, 3.63) is 29.8 Å². The van der Waals surface area contributed by atoms with Gasteiger partial charge in [0.25, 0.3) is 0 Å². The highest BCUT2D eigenvalue weighted by molar-refractivity contribution is 5.42. The van der Waals surface area contributed by atoms with Crippen LogP contribution in [0.1, 0.15) is 23.9 Å². The molecule has 3 rings (SSSR count). The number of methoxy groups -OCH3 is 1. The van der Waals surface area contributed by atoms with Crippen LogP contribution in [-0.4, -0.2) is 39.9 Å². The zero-order valence-electron chi connectivity index (χ0n) is 12.1. The van der Waals surface area contributed by atoms with Gasteiger partial charge in [0.05, 0.1) is 18.8 Å². The lowest BCUT2D eigenvalue weighted by Gasteiger charge is -2.18. The van der Waals surface area contributed by atoms with Gasteiger partial charge in [-0.15, -0.1) is 0 Å². The molecular weight excluding hydrogens is 254 g/mol. The standard InChI is InChI=1S/C14H19N5O/c1-10-6-11(2)19(17-10)12-4-5-18(8-12)13-7-14(20-3)16-9-15-13/h6-7,9,12H,4-5,8H2,1-3H3/t12-/m0/s1. The van der Waals surface area contributed by atoms with E-state index in [-0.39, 0.29) is 0 Å². The van der Waals surface area contributed by atoms with E-state index in [1.54, 1.807) is 13.4 Å². The van der Waals surface area contributed by atoms with Gasteiger partial charge in [0.2, 0.25) is 5.88 Å². The van der Waals surface area contributed by atoms with Gasteiger partial charge in [-0.25, -0.2) is 9.97 Å². The summed E-state index contributed by atoms with van der Waals surface area (Å²) in [5, 5.41) is 4.59. The average Bonchev–Trinajstić information content (AvgIpc) is 3.05. The number of nitrogens with zero attached hydrogens (tertiary/aromatic N) is 5. The molecule has 1 atom stereocenters. The first-order chi connectivity index (χ1) is 9.67. The molecule has 6 nitrogen and oxygen atoms in total. The van der Waals surface area contributed by atoms with Gasteiger partial charge in [-0.1, -0.05) is 0 Å². The zero-order chi connectivity index (χ0) is 14.1. The molecule has 0 radical (unpaired) electrons. The van der Waals surface area contributed by atoms with E-state index in [0.717, 1.165) is 31.0 Å². The van der Waals surface area contributed by atoms with E-state index in [1.807, 2.05) is 13.0 Å². The lowest BCUT2D eigenvalue weighted by molar-refractivity contribution is 0.397. The zero-order valence-corrected chi connectivity index (χ0v) is 12.1. The predicted octanol–water partition coefficient (Wildman–Crippen LogP) is 1.75. The van der Waals surface area contributed by atoms with Gasteiger partial charge < -0.3 is 9.64 Å². The maximum absolute atomic E-state index is 5.15. The lowest BCUT2D eigenvalue weighted by Crippen LogP contribution is -2.22. The van der Waals surface area contributed by atoms with Gasteiger partial charge >= 0.3 is 0 Å². The third kappa shape index (κ3) is 2.33. The number of rotatable bonds is 3. The molecule has 0 amide bonds. The van der Waals surface area contributed by atoms with E-state index < -0.39 is 0 Å². The van der Waals surface area contributed by atoms with Crippen LogP contribution in [-0.2, 0) is 0 Å². The summed E-state index contributed by atoms with van der Waals surface area (Å²) in [5.41, 5.74) is 2.29. The molecule has 0 aliphatic carbocycles. The Morgan fingerprint density at radius 2 is 2.10 bits per heavy atom. The Bertz CT molecular complexity index is 609. The summed E-state index contributed by atoms with van der Waals surface area (Å²) in [6, 6.07) is 4.41.